The van der Waals surface area contributed by atoms with Crippen molar-refractivity contribution >= 4 is 28.9 Å². The predicted molar refractivity (Wildman–Crippen MR) is 123 cm³/mol. The number of carbonyl (C=O) groups is 2. The number of carbonyl (C=O) groups excluding carboxylic acids is 2. The van der Waals surface area contributed by atoms with Gasteiger partial charge in [0.1, 0.15) is 5.75 Å². The molecule has 0 radical (unpaired) electrons. The minimum Gasteiger partial charge on any atom is -0.497 e. The average Bonchev–Trinajstić information content (AvgIpc) is 3.11. The van der Waals surface area contributed by atoms with Gasteiger partial charge < -0.3 is 10.1 Å². The summed E-state index contributed by atoms with van der Waals surface area (Å²) in [5.74, 6) is 0.347. The van der Waals surface area contributed by atoms with Crippen molar-refractivity contribution in [3.05, 3.63) is 84.4 Å². The molecule has 0 aromatic heterocycles. The Hall–Kier alpha value is -3.84. The van der Waals surface area contributed by atoms with Gasteiger partial charge in [0, 0.05) is 0 Å². The predicted octanol–water partition coefficient (Wildman–Crippen LogP) is 4.57. The quantitative estimate of drug-likeness (QED) is 0.421. The fourth-order valence-electron chi connectivity index (χ4n) is 3.56. The highest BCUT2D eigenvalue weighted by Crippen LogP contribution is 2.26. The smallest absolute Gasteiger partial charge is 0.251 e. The molecule has 1 unspecified atom stereocenters. The third kappa shape index (κ3) is 5.07. The van der Waals surface area contributed by atoms with E-state index in [4.69, 9.17) is 4.74 Å². The van der Waals surface area contributed by atoms with E-state index in [2.05, 4.69) is 15.5 Å². The fraction of sp³-hybridized carbons (Fsp3) is 0.200. The monoisotopic (exact) mass is 428 g/mol. The van der Waals surface area contributed by atoms with Crippen molar-refractivity contribution in [1.82, 2.24) is 5.32 Å². The van der Waals surface area contributed by atoms with E-state index in [-0.39, 0.29) is 18.2 Å². The van der Waals surface area contributed by atoms with Crippen LogP contribution in [0, 0.1) is 0 Å². The molecule has 1 heterocycles. The Kier molecular flexibility index (Phi) is 6.67. The molecule has 7 nitrogen and oxygen atoms in total. The van der Waals surface area contributed by atoms with E-state index in [0.29, 0.717) is 17.9 Å². The van der Waals surface area contributed by atoms with Crippen LogP contribution in [-0.4, -0.2) is 31.5 Å². The first-order valence-corrected chi connectivity index (χ1v) is 10.4. The molecule has 4 rings (SSSR count). The molecule has 1 atom stereocenters. The topological polar surface area (TPSA) is 83.4 Å². The highest BCUT2D eigenvalue weighted by molar-refractivity contribution is 6.22. The molecule has 1 saturated heterocycles. The van der Waals surface area contributed by atoms with Gasteiger partial charge in [0.15, 0.2) is 0 Å². The SMILES string of the molecule is COc1cccc(CCNC2CC(=O)N(c3ccc(N=Nc4ccccc4)cc3)C2=O)c1. The van der Waals surface area contributed by atoms with Crippen molar-refractivity contribution in [2.24, 2.45) is 10.2 Å². The Balaban J connectivity index is 1.35. The highest BCUT2D eigenvalue weighted by atomic mass is 16.5. The number of anilines is 1. The molecule has 1 N–H and O–H groups in total. The van der Waals surface area contributed by atoms with Crippen molar-refractivity contribution in [1.29, 1.82) is 0 Å². The van der Waals surface area contributed by atoms with E-state index >= 15 is 0 Å². The van der Waals surface area contributed by atoms with E-state index in [1.165, 1.54) is 4.90 Å². The van der Waals surface area contributed by atoms with Gasteiger partial charge in [-0.05, 0) is 67.1 Å². The van der Waals surface area contributed by atoms with Crippen molar-refractivity contribution in [3.8, 4) is 5.75 Å². The minimum atomic E-state index is -0.523. The maximum absolute atomic E-state index is 12.8. The lowest BCUT2D eigenvalue weighted by atomic mass is 10.1. The Morgan fingerprint density at radius 1 is 0.938 bits per heavy atom. The summed E-state index contributed by atoms with van der Waals surface area (Å²) in [7, 11) is 1.63. The lowest BCUT2D eigenvalue weighted by Gasteiger charge is -2.15. The number of imide groups is 1. The molecule has 162 valence electrons. The van der Waals surface area contributed by atoms with Crippen molar-refractivity contribution in [3.63, 3.8) is 0 Å². The molecule has 3 aromatic carbocycles. The van der Waals surface area contributed by atoms with Crippen molar-refractivity contribution in [2.75, 3.05) is 18.6 Å². The van der Waals surface area contributed by atoms with Gasteiger partial charge in [0.05, 0.1) is 36.6 Å². The third-order valence-electron chi connectivity index (χ3n) is 5.23. The maximum atomic E-state index is 12.8. The number of nitrogens with one attached hydrogen (secondary N) is 1. The van der Waals surface area contributed by atoms with E-state index in [0.717, 1.165) is 23.4 Å². The van der Waals surface area contributed by atoms with Gasteiger partial charge in [0.25, 0.3) is 5.91 Å². The largest absolute Gasteiger partial charge is 0.497 e. The molecule has 3 aromatic rings. The van der Waals surface area contributed by atoms with Crippen molar-refractivity contribution in [2.45, 2.75) is 18.9 Å². The molecule has 1 fully saturated rings. The lowest BCUT2D eigenvalue weighted by molar-refractivity contribution is -0.121. The van der Waals surface area contributed by atoms with Crippen LogP contribution in [0.1, 0.15) is 12.0 Å². The number of methoxy groups -OCH3 is 1. The Labute approximate surface area is 186 Å². The van der Waals surface area contributed by atoms with Gasteiger partial charge in [-0.25, -0.2) is 4.90 Å². The summed E-state index contributed by atoms with van der Waals surface area (Å²) in [5.41, 5.74) is 3.04. The van der Waals surface area contributed by atoms with Gasteiger partial charge in [-0.2, -0.15) is 10.2 Å². The first kappa shape index (κ1) is 21.4. The van der Waals surface area contributed by atoms with E-state index in [1.807, 2.05) is 54.6 Å². The van der Waals surface area contributed by atoms with Crippen molar-refractivity contribution < 1.29 is 14.3 Å². The second-order valence-corrected chi connectivity index (χ2v) is 7.43. The summed E-state index contributed by atoms with van der Waals surface area (Å²) in [6.07, 6.45) is 0.878. The molecule has 1 aliphatic rings. The molecule has 1 aliphatic heterocycles. The number of nitrogens with zero attached hydrogens (tertiary/aromatic N) is 3. The number of benzene rings is 3. The number of hydrogen-bond donors (Lipinski definition) is 1. The summed E-state index contributed by atoms with van der Waals surface area (Å²) in [4.78, 5) is 26.6. The zero-order valence-corrected chi connectivity index (χ0v) is 17.8. The summed E-state index contributed by atoms with van der Waals surface area (Å²) in [6, 6.07) is 23.6. The number of ether oxygens (including phenoxy) is 1. The molecular formula is C25H24N4O3. The Bertz CT molecular complexity index is 1110. The van der Waals surface area contributed by atoms with Crippen LogP contribution in [0.15, 0.2) is 89.1 Å². The molecule has 2 amide bonds. The summed E-state index contributed by atoms with van der Waals surface area (Å²) >= 11 is 0. The van der Waals surface area contributed by atoms with Gasteiger partial charge in [0.2, 0.25) is 5.91 Å². The van der Waals surface area contributed by atoms with Crippen LogP contribution in [0.4, 0.5) is 17.1 Å². The molecule has 7 heteroatoms. The van der Waals surface area contributed by atoms with E-state index < -0.39 is 6.04 Å². The molecule has 0 spiro atoms. The van der Waals surface area contributed by atoms with Gasteiger partial charge in [-0.1, -0.05) is 30.3 Å². The van der Waals surface area contributed by atoms with Gasteiger partial charge in [-0.3, -0.25) is 9.59 Å². The second kappa shape index (κ2) is 9.98. The standard InChI is InChI=1S/C25H24N4O3/c1-32-22-9-5-6-18(16-22)14-15-26-23-17-24(30)29(25(23)31)21-12-10-20(11-13-21)28-27-19-7-3-2-4-8-19/h2-13,16,23,26H,14-15,17H2,1H3. The zero-order chi connectivity index (χ0) is 22.3. The highest BCUT2D eigenvalue weighted by Gasteiger charge is 2.39. The third-order valence-corrected chi connectivity index (χ3v) is 5.23. The normalized spacial score (nSPS) is 16.2. The van der Waals surface area contributed by atoms with E-state index in [1.54, 1.807) is 31.4 Å². The molecule has 32 heavy (non-hydrogen) atoms. The number of rotatable bonds is 8. The number of azo groups is 1. The van der Waals surface area contributed by atoms with Crippen LogP contribution in [0.2, 0.25) is 0 Å². The van der Waals surface area contributed by atoms with Gasteiger partial charge >= 0.3 is 0 Å². The summed E-state index contributed by atoms with van der Waals surface area (Å²) < 4.78 is 5.24. The molecule has 0 bridgehead atoms. The summed E-state index contributed by atoms with van der Waals surface area (Å²) in [6.45, 7) is 0.587. The maximum Gasteiger partial charge on any atom is 0.251 e. The molecule has 0 saturated carbocycles. The lowest BCUT2D eigenvalue weighted by Crippen LogP contribution is -2.39. The number of hydrogen-bond acceptors (Lipinski definition) is 6. The van der Waals surface area contributed by atoms with Crippen LogP contribution in [0.25, 0.3) is 0 Å². The Morgan fingerprint density at radius 2 is 1.66 bits per heavy atom. The van der Waals surface area contributed by atoms with E-state index in [9.17, 15) is 9.59 Å². The molecular weight excluding hydrogens is 404 g/mol. The zero-order valence-electron chi connectivity index (χ0n) is 17.8. The van der Waals surface area contributed by atoms with Gasteiger partial charge in [-0.15, -0.1) is 0 Å². The summed E-state index contributed by atoms with van der Waals surface area (Å²) in [5, 5.41) is 11.6. The fourth-order valence-corrected chi connectivity index (χ4v) is 3.56. The molecule has 0 aliphatic carbocycles. The van der Waals surface area contributed by atoms with Crippen LogP contribution < -0.4 is 15.0 Å². The van der Waals surface area contributed by atoms with Crippen LogP contribution in [-0.2, 0) is 16.0 Å². The van der Waals surface area contributed by atoms with Crippen LogP contribution >= 0.6 is 0 Å². The minimum absolute atomic E-state index is 0.145. The first-order valence-electron chi connectivity index (χ1n) is 10.4. The Morgan fingerprint density at radius 3 is 2.38 bits per heavy atom. The second-order valence-electron chi connectivity index (χ2n) is 7.43. The average molecular weight is 428 g/mol. The van der Waals surface area contributed by atoms with Crippen LogP contribution in [0.3, 0.4) is 0 Å². The first-order chi connectivity index (χ1) is 15.6. The van der Waals surface area contributed by atoms with Crippen LogP contribution in [0.5, 0.6) is 5.75 Å². The number of amides is 2.